The van der Waals surface area contributed by atoms with Crippen LogP contribution < -0.4 is 10.6 Å². The Kier molecular flexibility index (Phi) is 4.83. The molecule has 0 radical (unpaired) electrons. The first kappa shape index (κ1) is 14.4. The highest BCUT2D eigenvalue weighted by Crippen LogP contribution is 2.20. The van der Waals surface area contributed by atoms with E-state index in [4.69, 9.17) is 11.6 Å². The van der Waals surface area contributed by atoms with Crippen molar-refractivity contribution >= 4 is 17.5 Å². The SMILES string of the molecule is CC(C(=O)NC1CCCNC1C)c1cccc(Cl)c1. The standard InChI is InChI=1S/C15H21ClN2O/c1-10(12-5-3-6-13(16)9-12)15(19)18-14-7-4-8-17-11(14)2/h3,5-6,9-11,14,17H,4,7-8H2,1-2H3,(H,18,19). The highest BCUT2D eigenvalue weighted by Gasteiger charge is 2.25. The summed E-state index contributed by atoms with van der Waals surface area (Å²) < 4.78 is 0. The van der Waals surface area contributed by atoms with E-state index in [1.807, 2.05) is 31.2 Å². The molecule has 1 aliphatic heterocycles. The maximum absolute atomic E-state index is 12.3. The number of benzene rings is 1. The topological polar surface area (TPSA) is 41.1 Å². The Hall–Kier alpha value is -1.06. The molecule has 2 N–H and O–H groups in total. The third-order valence-corrected chi connectivity index (χ3v) is 4.07. The van der Waals surface area contributed by atoms with E-state index in [0.717, 1.165) is 24.9 Å². The van der Waals surface area contributed by atoms with Gasteiger partial charge in [-0.25, -0.2) is 0 Å². The van der Waals surface area contributed by atoms with E-state index in [2.05, 4.69) is 17.6 Å². The summed E-state index contributed by atoms with van der Waals surface area (Å²) in [4.78, 5) is 12.3. The Balaban J connectivity index is 1.99. The molecule has 0 saturated carbocycles. The smallest absolute Gasteiger partial charge is 0.227 e. The lowest BCUT2D eigenvalue weighted by molar-refractivity contribution is -0.123. The quantitative estimate of drug-likeness (QED) is 0.894. The number of carbonyl (C=O) groups is 1. The molecule has 0 spiro atoms. The minimum Gasteiger partial charge on any atom is -0.351 e. The summed E-state index contributed by atoms with van der Waals surface area (Å²) in [7, 11) is 0. The second-order valence-electron chi connectivity index (χ2n) is 5.28. The highest BCUT2D eigenvalue weighted by molar-refractivity contribution is 6.30. The molecule has 1 aromatic carbocycles. The van der Waals surface area contributed by atoms with Crippen molar-refractivity contribution in [1.29, 1.82) is 0 Å². The van der Waals surface area contributed by atoms with Crippen molar-refractivity contribution in [3.63, 3.8) is 0 Å². The first-order valence-corrected chi connectivity index (χ1v) is 7.25. The summed E-state index contributed by atoms with van der Waals surface area (Å²) in [5.41, 5.74) is 0.960. The molecule has 1 aliphatic rings. The van der Waals surface area contributed by atoms with Gasteiger partial charge in [-0.15, -0.1) is 0 Å². The van der Waals surface area contributed by atoms with Crippen LogP contribution in [0.2, 0.25) is 5.02 Å². The van der Waals surface area contributed by atoms with Gasteiger partial charge < -0.3 is 10.6 Å². The van der Waals surface area contributed by atoms with E-state index >= 15 is 0 Å². The number of hydrogen-bond acceptors (Lipinski definition) is 2. The zero-order chi connectivity index (χ0) is 13.8. The first-order chi connectivity index (χ1) is 9.08. The van der Waals surface area contributed by atoms with E-state index in [9.17, 15) is 4.79 Å². The summed E-state index contributed by atoms with van der Waals surface area (Å²) >= 11 is 5.97. The zero-order valence-electron chi connectivity index (χ0n) is 11.4. The fourth-order valence-electron chi connectivity index (χ4n) is 2.48. The molecule has 1 aromatic rings. The van der Waals surface area contributed by atoms with Crippen LogP contribution in [0, 0.1) is 0 Å². The Bertz CT molecular complexity index is 450. The number of hydrogen-bond donors (Lipinski definition) is 2. The van der Waals surface area contributed by atoms with E-state index in [-0.39, 0.29) is 17.9 Å². The van der Waals surface area contributed by atoms with Crippen molar-refractivity contribution in [2.45, 2.75) is 44.7 Å². The minimum atomic E-state index is -0.173. The van der Waals surface area contributed by atoms with Crippen molar-refractivity contribution in [3.05, 3.63) is 34.9 Å². The molecule has 0 aromatic heterocycles. The predicted molar refractivity (Wildman–Crippen MR) is 78.5 cm³/mol. The average molecular weight is 281 g/mol. The lowest BCUT2D eigenvalue weighted by Gasteiger charge is -2.31. The second kappa shape index (κ2) is 6.40. The van der Waals surface area contributed by atoms with Gasteiger partial charge in [-0.05, 0) is 50.9 Å². The van der Waals surface area contributed by atoms with Crippen LogP contribution >= 0.6 is 11.6 Å². The monoisotopic (exact) mass is 280 g/mol. The maximum Gasteiger partial charge on any atom is 0.227 e. The number of piperidine rings is 1. The van der Waals surface area contributed by atoms with Crippen LogP contribution in [0.5, 0.6) is 0 Å². The van der Waals surface area contributed by atoms with Crippen LogP contribution in [0.15, 0.2) is 24.3 Å². The summed E-state index contributed by atoms with van der Waals surface area (Å²) in [5, 5.41) is 7.20. The van der Waals surface area contributed by atoms with E-state index in [0.29, 0.717) is 11.1 Å². The first-order valence-electron chi connectivity index (χ1n) is 6.87. The number of rotatable bonds is 3. The molecular weight excluding hydrogens is 260 g/mol. The third-order valence-electron chi connectivity index (χ3n) is 3.83. The van der Waals surface area contributed by atoms with Crippen LogP contribution in [-0.2, 0) is 4.79 Å². The third kappa shape index (κ3) is 3.71. The van der Waals surface area contributed by atoms with Gasteiger partial charge >= 0.3 is 0 Å². The molecule has 104 valence electrons. The molecule has 2 rings (SSSR count). The van der Waals surface area contributed by atoms with Crippen molar-refractivity contribution < 1.29 is 4.79 Å². The normalized spacial score (nSPS) is 24.8. The van der Waals surface area contributed by atoms with Gasteiger partial charge in [0.25, 0.3) is 0 Å². The van der Waals surface area contributed by atoms with Crippen molar-refractivity contribution in [2.75, 3.05) is 6.54 Å². The predicted octanol–water partition coefficient (Wildman–Crippen LogP) is 2.70. The van der Waals surface area contributed by atoms with Crippen molar-refractivity contribution in [1.82, 2.24) is 10.6 Å². The molecule has 1 fully saturated rings. The molecule has 1 amide bonds. The minimum absolute atomic E-state index is 0.0721. The van der Waals surface area contributed by atoms with Crippen LogP contribution in [-0.4, -0.2) is 24.5 Å². The van der Waals surface area contributed by atoms with E-state index in [1.165, 1.54) is 0 Å². The number of carbonyl (C=O) groups excluding carboxylic acids is 1. The molecule has 3 nitrogen and oxygen atoms in total. The fraction of sp³-hybridized carbons (Fsp3) is 0.533. The summed E-state index contributed by atoms with van der Waals surface area (Å²) in [6.07, 6.45) is 2.16. The Morgan fingerprint density at radius 2 is 2.32 bits per heavy atom. The van der Waals surface area contributed by atoms with Gasteiger partial charge in [-0.2, -0.15) is 0 Å². The zero-order valence-corrected chi connectivity index (χ0v) is 12.2. The fourth-order valence-corrected chi connectivity index (χ4v) is 2.67. The van der Waals surface area contributed by atoms with Gasteiger partial charge in [0.1, 0.15) is 0 Å². The number of amides is 1. The Morgan fingerprint density at radius 3 is 3.00 bits per heavy atom. The molecule has 19 heavy (non-hydrogen) atoms. The summed E-state index contributed by atoms with van der Waals surface area (Å²) in [5.74, 6) is -0.101. The molecule has 4 heteroatoms. The van der Waals surface area contributed by atoms with Gasteiger partial charge in [-0.1, -0.05) is 23.7 Å². The molecule has 1 heterocycles. The second-order valence-corrected chi connectivity index (χ2v) is 5.71. The van der Waals surface area contributed by atoms with Crippen LogP contribution in [0.4, 0.5) is 0 Å². The number of nitrogens with one attached hydrogen (secondary N) is 2. The Morgan fingerprint density at radius 1 is 1.53 bits per heavy atom. The average Bonchev–Trinajstić information content (AvgIpc) is 2.40. The maximum atomic E-state index is 12.3. The van der Waals surface area contributed by atoms with Gasteiger partial charge in [0.05, 0.1) is 5.92 Å². The molecule has 0 bridgehead atoms. The van der Waals surface area contributed by atoms with E-state index < -0.39 is 0 Å². The summed E-state index contributed by atoms with van der Waals surface area (Å²) in [6, 6.07) is 8.06. The molecule has 3 unspecified atom stereocenters. The number of halogens is 1. The highest BCUT2D eigenvalue weighted by atomic mass is 35.5. The van der Waals surface area contributed by atoms with Crippen molar-refractivity contribution in [2.24, 2.45) is 0 Å². The summed E-state index contributed by atoms with van der Waals surface area (Å²) in [6.45, 7) is 5.08. The van der Waals surface area contributed by atoms with Crippen molar-refractivity contribution in [3.8, 4) is 0 Å². The largest absolute Gasteiger partial charge is 0.351 e. The van der Waals surface area contributed by atoms with Gasteiger partial charge in [0.2, 0.25) is 5.91 Å². The molecule has 1 saturated heterocycles. The lowest BCUT2D eigenvalue weighted by atomic mass is 9.96. The van der Waals surface area contributed by atoms with E-state index in [1.54, 1.807) is 0 Å². The molecular formula is C15H21ClN2O. The van der Waals surface area contributed by atoms with Crippen LogP contribution in [0.3, 0.4) is 0 Å². The van der Waals surface area contributed by atoms with Crippen LogP contribution in [0.25, 0.3) is 0 Å². The molecule has 3 atom stereocenters. The van der Waals surface area contributed by atoms with Gasteiger partial charge in [0, 0.05) is 17.1 Å². The molecule has 0 aliphatic carbocycles. The lowest BCUT2D eigenvalue weighted by Crippen LogP contribution is -2.52. The van der Waals surface area contributed by atoms with Gasteiger partial charge in [0.15, 0.2) is 0 Å². The Labute approximate surface area is 119 Å². The van der Waals surface area contributed by atoms with Gasteiger partial charge in [-0.3, -0.25) is 4.79 Å². The van der Waals surface area contributed by atoms with Crippen LogP contribution in [0.1, 0.15) is 38.2 Å².